The molecule has 7 heteroatoms. The molecule has 0 saturated carbocycles. The molecule has 1 fully saturated rings. The van der Waals surface area contributed by atoms with Crippen molar-refractivity contribution in [1.82, 2.24) is 4.90 Å². The zero-order valence-corrected chi connectivity index (χ0v) is 16.1. The number of carbonyl (C=O) groups is 1. The van der Waals surface area contributed by atoms with E-state index in [4.69, 9.17) is 40.2 Å². The molecule has 1 aliphatic rings. The van der Waals surface area contributed by atoms with E-state index in [1.165, 1.54) is 11.8 Å². The van der Waals surface area contributed by atoms with Crippen LogP contribution in [0.2, 0.25) is 10.0 Å². The first kappa shape index (κ1) is 18.3. The molecule has 0 aliphatic carbocycles. The fraction of sp³-hybridized carbons (Fsp3) is 0.111. The van der Waals surface area contributed by atoms with Gasteiger partial charge in [-0.1, -0.05) is 71.4 Å². The molecule has 1 aliphatic heterocycles. The molecule has 0 aromatic heterocycles. The largest absolute Gasteiger partial charge is 0.492 e. The van der Waals surface area contributed by atoms with Crippen LogP contribution in [-0.4, -0.2) is 28.3 Å². The first-order valence-corrected chi connectivity index (χ1v) is 9.41. The Hall–Kier alpha value is -1.53. The quantitative estimate of drug-likeness (QED) is 0.496. The van der Waals surface area contributed by atoms with Crippen molar-refractivity contribution >= 4 is 63.5 Å². The standard InChI is InChI=1S/C18H13Cl2NO2S2/c19-14-7-6-12(10-15(14)20)11-16-17(22)21(18(24)25-16)8-9-23-13-4-2-1-3-5-13/h1-7,10-11H,8-9H2/b16-11-. The molecular weight excluding hydrogens is 397 g/mol. The average Bonchev–Trinajstić information content (AvgIpc) is 2.86. The van der Waals surface area contributed by atoms with Gasteiger partial charge in [0.15, 0.2) is 0 Å². The normalized spacial score (nSPS) is 15.9. The van der Waals surface area contributed by atoms with Crippen LogP contribution >= 0.6 is 47.2 Å². The minimum Gasteiger partial charge on any atom is -0.492 e. The second kappa shape index (κ2) is 8.23. The van der Waals surface area contributed by atoms with E-state index < -0.39 is 0 Å². The summed E-state index contributed by atoms with van der Waals surface area (Å²) in [5.74, 6) is 0.636. The smallest absolute Gasteiger partial charge is 0.266 e. The van der Waals surface area contributed by atoms with Crippen molar-refractivity contribution < 1.29 is 9.53 Å². The van der Waals surface area contributed by atoms with Crippen molar-refractivity contribution in [3.05, 3.63) is 69.0 Å². The molecule has 128 valence electrons. The summed E-state index contributed by atoms with van der Waals surface area (Å²) in [5, 5.41) is 0.923. The van der Waals surface area contributed by atoms with Gasteiger partial charge in [0, 0.05) is 0 Å². The lowest BCUT2D eigenvalue weighted by Gasteiger charge is -2.14. The molecule has 0 unspecified atom stereocenters. The molecule has 0 bridgehead atoms. The molecule has 0 radical (unpaired) electrons. The third-order valence-corrected chi connectivity index (χ3v) is 5.56. The summed E-state index contributed by atoms with van der Waals surface area (Å²) in [5.41, 5.74) is 0.801. The Bertz CT molecular complexity index is 840. The fourth-order valence-corrected chi connectivity index (χ4v) is 3.83. The van der Waals surface area contributed by atoms with Crippen LogP contribution in [0.5, 0.6) is 5.75 Å². The summed E-state index contributed by atoms with van der Waals surface area (Å²) in [4.78, 5) is 14.7. The molecule has 2 aromatic carbocycles. The third-order valence-electron chi connectivity index (χ3n) is 3.44. The highest BCUT2D eigenvalue weighted by Gasteiger charge is 2.31. The first-order valence-electron chi connectivity index (χ1n) is 7.43. The molecule has 1 amide bonds. The van der Waals surface area contributed by atoms with E-state index in [-0.39, 0.29) is 5.91 Å². The summed E-state index contributed by atoms with van der Waals surface area (Å²) in [6.07, 6.45) is 1.76. The summed E-state index contributed by atoms with van der Waals surface area (Å²) in [6.45, 7) is 0.773. The highest BCUT2D eigenvalue weighted by molar-refractivity contribution is 8.26. The van der Waals surface area contributed by atoms with Gasteiger partial charge in [0.2, 0.25) is 0 Å². The molecule has 3 nitrogen and oxygen atoms in total. The lowest BCUT2D eigenvalue weighted by atomic mass is 10.2. The number of ether oxygens (including phenoxy) is 1. The van der Waals surface area contributed by atoms with E-state index in [2.05, 4.69) is 0 Å². The van der Waals surface area contributed by atoms with Crippen LogP contribution in [0.1, 0.15) is 5.56 Å². The Morgan fingerprint density at radius 2 is 1.88 bits per heavy atom. The molecule has 25 heavy (non-hydrogen) atoms. The fourth-order valence-electron chi connectivity index (χ4n) is 2.22. The lowest BCUT2D eigenvalue weighted by Crippen LogP contribution is -2.32. The second-order valence-electron chi connectivity index (χ2n) is 5.17. The maximum absolute atomic E-state index is 12.5. The second-order valence-corrected chi connectivity index (χ2v) is 7.66. The predicted molar refractivity (Wildman–Crippen MR) is 108 cm³/mol. The number of thiocarbonyl (C=S) groups is 1. The zero-order chi connectivity index (χ0) is 17.8. The van der Waals surface area contributed by atoms with Crippen LogP contribution in [0.4, 0.5) is 0 Å². The molecule has 3 rings (SSSR count). The number of hydrogen-bond donors (Lipinski definition) is 0. The Morgan fingerprint density at radius 1 is 1.12 bits per heavy atom. The summed E-state index contributed by atoms with van der Waals surface area (Å²) < 4.78 is 6.15. The van der Waals surface area contributed by atoms with E-state index >= 15 is 0 Å². The van der Waals surface area contributed by atoms with Crippen molar-refractivity contribution in [3.63, 3.8) is 0 Å². The Kier molecular flexibility index (Phi) is 6.02. The maximum atomic E-state index is 12.5. The van der Waals surface area contributed by atoms with Gasteiger partial charge in [-0.25, -0.2) is 0 Å². The van der Waals surface area contributed by atoms with Crippen molar-refractivity contribution in [2.24, 2.45) is 0 Å². The van der Waals surface area contributed by atoms with Crippen molar-refractivity contribution in [3.8, 4) is 5.75 Å². The molecule has 2 aromatic rings. The Morgan fingerprint density at radius 3 is 2.60 bits per heavy atom. The van der Waals surface area contributed by atoms with Gasteiger partial charge in [-0.2, -0.15) is 0 Å². The zero-order valence-electron chi connectivity index (χ0n) is 12.9. The topological polar surface area (TPSA) is 29.5 Å². The van der Waals surface area contributed by atoms with Crippen LogP contribution in [0, 0.1) is 0 Å². The van der Waals surface area contributed by atoms with Gasteiger partial charge in [0.05, 0.1) is 21.5 Å². The first-order chi connectivity index (χ1) is 12.0. The number of rotatable bonds is 5. The molecule has 0 atom stereocenters. The summed E-state index contributed by atoms with van der Waals surface area (Å²) >= 11 is 18.5. The summed E-state index contributed by atoms with van der Waals surface area (Å²) in [7, 11) is 0. The number of halogens is 2. The van der Waals surface area contributed by atoms with Gasteiger partial charge < -0.3 is 4.74 Å². The molecular formula is C18H13Cl2NO2S2. The number of thioether (sulfide) groups is 1. The Labute approximate surface area is 165 Å². The van der Waals surface area contributed by atoms with Crippen LogP contribution in [0.3, 0.4) is 0 Å². The number of amides is 1. The molecule has 1 saturated heterocycles. The van der Waals surface area contributed by atoms with Gasteiger partial charge in [-0.3, -0.25) is 9.69 Å². The van der Waals surface area contributed by atoms with Crippen molar-refractivity contribution in [1.29, 1.82) is 0 Å². The highest BCUT2D eigenvalue weighted by atomic mass is 35.5. The van der Waals surface area contributed by atoms with Crippen LogP contribution < -0.4 is 4.74 Å². The van der Waals surface area contributed by atoms with E-state index in [0.29, 0.717) is 32.4 Å². The highest BCUT2D eigenvalue weighted by Crippen LogP contribution is 2.33. The monoisotopic (exact) mass is 409 g/mol. The summed E-state index contributed by atoms with van der Waals surface area (Å²) in [6, 6.07) is 14.7. The molecule has 0 spiro atoms. The van der Waals surface area contributed by atoms with Gasteiger partial charge in [0.25, 0.3) is 5.91 Å². The van der Waals surface area contributed by atoms with E-state index in [1.807, 2.05) is 30.3 Å². The number of para-hydroxylation sites is 1. The van der Waals surface area contributed by atoms with E-state index in [9.17, 15) is 4.79 Å². The number of hydrogen-bond acceptors (Lipinski definition) is 4. The van der Waals surface area contributed by atoms with Crippen molar-refractivity contribution in [2.75, 3.05) is 13.2 Å². The molecule has 0 N–H and O–H groups in total. The number of benzene rings is 2. The minimum absolute atomic E-state index is 0.127. The minimum atomic E-state index is -0.127. The van der Waals surface area contributed by atoms with E-state index in [1.54, 1.807) is 29.2 Å². The van der Waals surface area contributed by atoms with Gasteiger partial charge in [-0.15, -0.1) is 0 Å². The predicted octanol–water partition coefficient (Wildman–Crippen LogP) is 5.27. The Balaban J connectivity index is 1.65. The number of carbonyl (C=O) groups excluding carboxylic acids is 1. The molecule has 1 heterocycles. The van der Waals surface area contributed by atoms with Crippen LogP contribution in [-0.2, 0) is 4.79 Å². The van der Waals surface area contributed by atoms with Gasteiger partial charge >= 0.3 is 0 Å². The maximum Gasteiger partial charge on any atom is 0.266 e. The lowest BCUT2D eigenvalue weighted by molar-refractivity contribution is -0.122. The van der Waals surface area contributed by atoms with E-state index in [0.717, 1.165) is 11.3 Å². The van der Waals surface area contributed by atoms with Gasteiger partial charge in [0.1, 0.15) is 16.7 Å². The number of nitrogens with zero attached hydrogens (tertiary/aromatic N) is 1. The van der Waals surface area contributed by atoms with Crippen LogP contribution in [0.25, 0.3) is 6.08 Å². The van der Waals surface area contributed by atoms with Gasteiger partial charge in [-0.05, 0) is 35.9 Å². The van der Waals surface area contributed by atoms with Crippen LogP contribution in [0.15, 0.2) is 53.4 Å². The van der Waals surface area contributed by atoms with Crippen molar-refractivity contribution in [2.45, 2.75) is 0 Å². The third kappa shape index (κ3) is 4.55. The SMILES string of the molecule is O=C1/C(=C/c2ccc(Cl)c(Cl)c2)SC(=S)N1CCOc1ccccc1. The average molecular weight is 410 g/mol.